The van der Waals surface area contributed by atoms with Crippen molar-refractivity contribution in [1.29, 1.82) is 5.26 Å². The molecule has 2 aromatic carbocycles. The van der Waals surface area contributed by atoms with Crippen molar-refractivity contribution in [3.63, 3.8) is 0 Å². The van der Waals surface area contributed by atoms with E-state index in [4.69, 9.17) is 10.00 Å². The standard InChI is InChI=1S/C20H23N3O4/c21-12-16-3-1-2-4-19(16)27-14-18(25)13-22-9-10-23-20(26)11-15-5-7-17(24)8-6-15/h1-8,18,22,24-25H,9-11,13-14H2,(H,23,26)/p+1. The van der Waals surface area contributed by atoms with E-state index in [1.165, 1.54) is 0 Å². The molecular weight excluding hydrogens is 346 g/mol. The van der Waals surface area contributed by atoms with E-state index in [-0.39, 0.29) is 24.7 Å². The Hall–Kier alpha value is -3.08. The lowest BCUT2D eigenvalue weighted by Gasteiger charge is -2.12. The van der Waals surface area contributed by atoms with E-state index in [0.29, 0.717) is 30.9 Å². The summed E-state index contributed by atoms with van der Waals surface area (Å²) in [5.41, 5.74) is 1.27. The molecule has 0 aliphatic heterocycles. The number of amides is 1. The first-order valence-electron chi connectivity index (χ1n) is 8.74. The number of benzene rings is 2. The third-order valence-electron chi connectivity index (χ3n) is 3.85. The summed E-state index contributed by atoms with van der Waals surface area (Å²) < 4.78 is 5.48. The van der Waals surface area contributed by atoms with Crippen molar-refractivity contribution in [3.05, 3.63) is 59.7 Å². The number of quaternary nitrogens is 1. The van der Waals surface area contributed by atoms with E-state index in [1.54, 1.807) is 48.5 Å². The van der Waals surface area contributed by atoms with E-state index in [0.717, 1.165) is 5.56 Å². The Morgan fingerprint density at radius 2 is 1.96 bits per heavy atom. The number of nitrogens with zero attached hydrogens (tertiary/aromatic N) is 1. The van der Waals surface area contributed by atoms with Crippen LogP contribution in [0.15, 0.2) is 48.5 Å². The van der Waals surface area contributed by atoms with E-state index < -0.39 is 6.10 Å². The minimum Gasteiger partial charge on any atom is -0.508 e. The minimum atomic E-state index is -0.676. The fourth-order valence-corrected chi connectivity index (χ4v) is 2.42. The van der Waals surface area contributed by atoms with Gasteiger partial charge in [-0.05, 0) is 29.8 Å². The van der Waals surface area contributed by atoms with E-state index in [2.05, 4.69) is 5.32 Å². The highest BCUT2D eigenvalue weighted by atomic mass is 16.5. The van der Waals surface area contributed by atoms with Gasteiger partial charge in [0.05, 0.1) is 25.1 Å². The molecule has 5 N–H and O–H groups in total. The molecule has 142 valence electrons. The molecule has 0 heterocycles. The molecule has 1 amide bonds. The van der Waals surface area contributed by atoms with Crippen molar-refractivity contribution in [3.8, 4) is 17.6 Å². The first-order chi connectivity index (χ1) is 13.1. The molecule has 2 rings (SSSR count). The van der Waals surface area contributed by atoms with Crippen LogP contribution in [0.4, 0.5) is 0 Å². The highest BCUT2D eigenvalue weighted by Gasteiger charge is 2.10. The number of ether oxygens (including phenoxy) is 1. The number of carbonyl (C=O) groups excluding carboxylic acids is 1. The number of hydrogen-bond acceptors (Lipinski definition) is 5. The van der Waals surface area contributed by atoms with Crippen LogP contribution in [0.2, 0.25) is 0 Å². The van der Waals surface area contributed by atoms with Gasteiger partial charge in [-0.3, -0.25) is 4.79 Å². The maximum absolute atomic E-state index is 11.8. The summed E-state index contributed by atoms with van der Waals surface area (Å²) in [5, 5.41) is 32.9. The molecule has 0 saturated carbocycles. The van der Waals surface area contributed by atoms with Crippen LogP contribution in [0.3, 0.4) is 0 Å². The number of aliphatic hydroxyl groups excluding tert-OH is 1. The van der Waals surface area contributed by atoms with Crippen LogP contribution in [0.1, 0.15) is 11.1 Å². The van der Waals surface area contributed by atoms with Gasteiger partial charge in [-0.2, -0.15) is 5.26 Å². The largest absolute Gasteiger partial charge is 0.508 e. The first-order valence-corrected chi connectivity index (χ1v) is 8.74. The molecule has 2 aromatic rings. The van der Waals surface area contributed by atoms with Crippen LogP contribution in [-0.2, 0) is 11.2 Å². The quantitative estimate of drug-likeness (QED) is 0.437. The van der Waals surface area contributed by atoms with Gasteiger partial charge in [-0.15, -0.1) is 0 Å². The molecule has 7 nitrogen and oxygen atoms in total. The van der Waals surface area contributed by atoms with Gasteiger partial charge >= 0.3 is 0 Å². The number of para-hydroxylation sites is 1. The molecule has 1 atom stereocenters. The second kappa shape index (κ2) is 10.8. The van der Waals surface area contributed by atoms with Crippen molar-refractivity contribution >= 4 is 5.91 Å². The number of rotatable bonds is 10. The summed E-state index contributed by atoms with van der Waals surface area (Å²) in [7, 11) is 0. The third-order valence-corrected chi connectivity index (χ3v) is 3.85. The Balaban J connectivity index is 1.57. The van der Waals surface area contributed by atoms with E-state index >= 15 is 0 Å². The number of carbonyl (C=O) groups is 1. The van der Waals surface area contributed by atoms with E-state index in [1.807, 2.05) is 11.4 Å². The zero-order valence-electron chi connectivity index (χ0n) is 15.0. The van der Waals surface area contributed by atoms with E-state index in [9.17, 15) is 15.0 Å². The molecule has 0 fully saturated rings. The molecule has 0 spiro atoms. The molecule has 0 aliphatic rings. The topological polar surface area (TPSA) is 119 Å². The monoisotopic (exact) mass is 370 g/mol. The van der Waals surface area contributed by atoms with Gasteiger partial charge in [0, 0.05) is 0 Å². The van der Waals surface area contributed by atoms with Crippen LogP contribution in [0, 0.1) is 11.3 Å². The molecule has 0 saturated heterocycles. The third kappa shape index (κ3) is 7.36. The lowest BCUT2D eigenvalue weighted by atomic mass is 10.1. The van der Waals surface area contributed by atoms with Crippen molar-refractivity contribution in [2.75, 3.05) is 26.2 Å². The molecule has 7 heteroatoms. The summed E-state index contributed by atoms with van der Waals surface area (Å²) in [6.07, 6.45) is -0.417. The number of nitrogens with one attached hydrogen (secondary N) is 1. The maximum atomic E-state index is 11.8. The number of nitrogens with two attached hydrogens (primary N) is 1. The maximum Gasteiger partial charge on any atom is 0.224 e. The second-order valence-electron chi connectivity index (χ2n) is 6.08. The molecule has 1 unspecified atom stereocenters. The first kappa shape index (κ1) is 20.2. The van der Waals surface area contributed by atoms with Gasteiger partial charge in [0.15, 0.2) is 0 Å². The zero-order chi connectivity index (χ0) is 19.5. The minimum absolute atomic E-state index is 0.0916. The van der Waals surface area contributed by atoms with Crippen LogP contribution in [-0.4, -0.2) is 48.5 Å². The SMILES string of the molecule is N#Cc1ccccc1OCC(O)C[NH2+]CCNC(=O)Cc1ccc(O)cc1. The molecule has 0 bridgehead atoms. The summed E-state index contributed by atoms with van der Waals surface area (Å²) >= 11 is 0. The Morgan fingerprint density at radius 1 is 1.22 bits per heavy atom. The number of aliphatic hydroxyl groups is 1. The van der Waals surface area contributed by atoms with Crippen LogP contribution in [0.5, 0.6) is 11.5 Å². The number of phenols is 1. The fourth-order valence-electron chi connectivity index (χ4n) is 2.42. The molecule has 0 aromatic heterocycles. The fraction of sp³-hybridized carbons (Fsp3) is 0.300. The number of nitriles is 1. The highest BCUT2D eigenvalue weighted by Crippen LogP contribution is 2.16. The highest BCUT2D eigenvalue weighted by molar-refractivity contribution is 5.78. The Labute approximate surface area is 158 Å². The average Bonchev–Trinajstić information content (AvgIpc) is 2.68. The van der Waals surface area contributed by atoms with Gasteiger partial charge in [0.2, 0.25) is 5.91 Å². The van der Waals surface area contributed by atoms with Gasteiger partial charge in [-0.25, -0.2) is 0 Å². The lowest BCUT2D eigenvalue weighted by Crippen LogP contribution is -2.88. The van der Waals surface area contributed by atoms with Crippen LogP contribution in [0.25, 0.3) is 0 Å². The molecule has 27 heavy (non-hydrogen) atoms. The summed E-state index contributed by atoms with van der Waals surface area (Å²) in [6.45, 7) is 1.65. The predicted molar refractivity (Wildman–Crippen MR) is 99.1 cm³/mol. The summed E-state index contributed by atoms with van der Waals surface area (Å²) in [5.74, 6) is 0.541. The van der Waals surface area contributed by atoms with Crippen LogP contribution < -0.4 is 15.4 Å². The van der Waals surface area contributed by atoms with Crippen molar-refractivity contribution < 1.29 is 25.1 Å². The van der Waals surface area contributed by atoms with Crippen LogP contribution >= 0.6 is 0 Å². The number of phenolic OH excluding ortho intramolecular Hbond substituents is 1. The van der Waals surface area contributed by atoms with Gasteiger partial charge < -0.3 is 25.6 Å². The molecule has 0 aliphatic carbocycles. The summed E-state index contributed by atoms with van der Waals surface area (Å²) in [6, 6.07) is 15.4. The van der Waals surface area contributed by atoms with Gasteiger partial charge in [-0.1, -0.05) is 24.3 Å². The average molecular weight is 370 g/mol. The summed E-state index contributed by atoms with van der Waals surface area (Å²) in [4.78, 5) is 11.8. The normalized spacial score (nSPS) is 11.4. The lowest BCUT2D eigenvalue weighted by molar-refractivity contribution is -0.659. The van der Waals surface area contributed by atoms with Crippen molar-refractivity contribution in [2.24, 2.45) is 0 Å². The Bertz CT molecular complexity index is 772. The second-order valence-corrected chi connectivity index (χ2v) is 6.08. The molecular formula is C20H24N3O4+. The Kier molecular flexibility index (Phi) is 8.10. The van der Waals surface area contributed by atoms with Gasteiger partial charge in [0.1, 0.15) is 36.8 Å². The predicted octanol–water partition coefficient (Wildman–Crippen LogP) is -0.0741. The van der Waals surface area contributed by atoms with Crippen molar-refractivity contribution in [2.45, 2.75) is 12.5 Å². The Morgan fingerprint density at radius 3 is 2.70 bits per heavy atom. The van der Waals surface area contributed by atoms with Gasteiger partial charge in [0.25, 0.3) is 0 Å². The molecule has 0 radical (unpaired) electrons. The number of hydrogen-bond donors (Lipinski definition) is 4. The smallest absolute Gasteiger partial charge is 0.224 e. The van der Waals surface area contributed by atoms with Crippen molar-refractivity contribution in [1.82, 2.24) is 5.32 Å². The number of aromatic hydroxyl groups is 1. The zero-order valence-corrected chi connectivity index (χ0v) is 15.0.